The number of esters is 1. The van der Waals surface area contributed by atoms with Gasteiger partial charge < -0.3 is 14.5 Å². The molecule has 0 saturated heterocycles. The first kappa shape index (κ1) is 21.8. The highest BCUT2D eigenvalue weighted by molar-refractivity contribution is 7.17. The number of benzene rings is 2. The summed E-state index contributed by atoms with van der Waals surface area (Å²) in [5, 5.41) is 4.29. The number of hydrogen-bond acceptors (Lipinski definition) is 5. The maximum Gasteiger partial charge on any atom is 0.341 e. The van der Waals surface area contributed by atoms with E-state index < -0.39 is 5.97 Å². The van der Waals surface area contributed by atoms with E-state index in [2.05, 4.69) is 18.3 Å². The van der Waals surface area contributed by atoms with Crippen molar-refractivity contribution in [3.63, 3.8) is 0 Å². The van der Waals surface area contributed by atoms with E-state index in [1.54, 1.807) is 6.92 Å². The molecule has 0 aliphatic carbocycles. The van der Waals surface area contributed by atoms with Crippen molar-refractivity contribution in [1.82, 2.24) is 0 Å². The molecule has 0 unspecified atom stereocenters. The largest absolute Gasteiger partial charge is 0.462 e. The van der Waals surface area contributed by atoms with Gasteiger partial charge in [0.1, 0.15) is 16.1 Å². The van der Waals surface area contributed by atoms with E-state index in [1.807, 2.05) is 56.3 Å². The van der Waals surface area contributed by atoms with E-state index >= 15 is 0 Å². The molecular formula is C26H25NO4S. The zero-order valence-corrected chi connectivity index (χ0v) is 19.4. The topological polar surface area (TPSA) is 68.5 Å². The highest BCUT2D eigenvalue weighted by Gasteiger charge is 2.27. The lowest BCUT2D eigenvalue weighted by Crippen LogP contribution is -2.15. The Morgan fingerprint density at radius 2 is 1.81 bits per heavy atom. The number of furan rings is 1. The summed E-state index contributed by atoms with van der Waals surface area (Å²) in [5.41, 5.74) is 4.68. The van der Waals surface area contributed by atoms with E-state index in [-0.39, 0.29) is 18.3 Å². The van der Waals surface area contributed by atoms with Crippen LogP contribution in [-0.2, 0) is 11.2 Å². The van der Waals surface area contributed by atoms with Crippen LogP contribution in [0.3, 0.4) is 0 Å². The molecule has 5 nitrogen and oxygen atoms in total. The van der Waals surface area contributed by atoms with Gasteiger partial charge in [-0.15, -0.1) is 11.3 Å². The molecule has 6 heteroatoms. The molecule has 2 aromatic carbocycles. The maximum atomic E-state index is 13.2. The van der Waals surface area contributed by atoms with E-state index in [9.17, 15) is 9.59 Å². The van der Waals surface area contributed by atoms with Gasteiger partial charge in [-0.3, -0.25) is 4.79 Å². The summed E-state index contributed by atoms with van der Waals surface area (Å²) in [6, 6.07) is 15.6. The zero-order valence-electron chi connectivity index (χ0n) is 18.6. The van der Waals surface area contributed by atoms with E-state index in [4.69, 9.17) is 9.15 Å². The van der Waals surface area contributed by atoms with E-state index in [0.717, 1.165) is 33.4 Å². The van der Waals surface area contributed by atoms with Crippen molar-refractivity contribution in [2.24, 2.45) is 0 Å². The van der Waals surface area contributed by atoms with Crippen LogP contribution in [-0.4, -0.2) is 18.5 Å². The summed E-state index contributed by atoms with van der Waals surface area (Å²) in [5.74, 6) is -0.599. The van der Waals surface area contributed by atoms with Crippen molar-refractivity contribution in [3.8, 4) is 11.1 Å². The van der Waals surface area contributed by atoms with Gasteiger partial charge in [0.2, 0.25) is 0 Å². The number of aryl methyl sites for hydroxylation is 3. The Morgan fingerprint density at radius 3 is 2.50 bits per heavy atom. The number of carbonyl (C=O) groups is 2. The number of carbonyl (C=O) groups excluding carboxylic acids is 2. The number of nitrogens with one attached hydrogen (secondary N) is 1. The molecule has 0 aliphatic rings. The van der Waals surface area contributed by atoms with Gasteiger partial charge in [0.15, 0.2) is 5.76 Å². The second-order valence-electron chi connectivity index (χ2n) is 7.52. The van der Waals surface area contributed by atoms with Crippen LogP contribution in [0.25, 0.3) is 22.1 Å². The molecule has 0 aliphatic heterocycles. The number of fused-ring (bicyclic) bond motifs is 1. The Hall–Kier alpha value is -3.38. The molecule has 2 aromatic heterocycles. The first-order chi connectivity index (χ1) is 15.4. The van der Waals surface area contributed by atoms with Gasteiger partial charge >= 0.3 is 5.97 Å². The quantitative estimate of drug-likeness (QED) is 0.331. The van der Waals surface area contributed by atoms with Crippen molar-refractivity contribution in [2.45, 2.75) is 34.1 Å². The minimum atomic E-state index is -0.458. The molecule has 0 fully saturated rings. The SMILES string of the molecule is CCOC(=O)c1c(NC(=O)c2oc3ccc(CC)cc3c2C)sc(C)c1-c1ccccc1. The Morgan fingerprint density at radius 1 is 1.06 bits per heavy atom. The fraction of sp³-hybridized carbons (Fsp3) is 0.231. The molecule has 0 bridgehead atoms. The molecule has 4 rings (SSSR count). The van der Waals surface area contributed by atoms with E-state index in [0.29, 0.717) is 16.1 Å². The van der Waals surface area contributed by atoms with E-state index in [1.165, 1.54) is 16.9 Å². The van der Waals surface area contributed by atoms with Gasteiger partial charge in [-0.1, -0.05) is 43.3 Å². The molecule has 164 valence electrons. The molecule has 0 saturated carbocycles. The Labute approximate surface area is 191 Å². The molecule has 2 heterocycles. The lowest BCUT2D eigenvalue weighted by Gasteiger charge is -2.09. The summed E-state index contributed by atoms with van der Waals surface area (Å²) in [4.78, 5) is 27.0. The Kier molecular flexibility index (Phi) is 6.15. The predicted molar refractivity (Wildman–Crippen MR) is 129 cm³/mol. The van der Waals surface area contributed by atoms with Crippen molar-refractivity contribution < 1.29 is 18.7 Å². The minimum Gasteiger partial charge on any atom is -0.462 e. The summed E-state index contributed by atoms with van der Waals surface area (Å²) < 4.78 is 11.2. The highest BCUT2D eigenvalue weighted by Crippen LogP contribution is 2.41. The first-order valence-electron chi connectivity index (χ1n) is 10.6. The standard InChI is InChI=1S/C26H25NO4S/c1-5-17-12-13-20-19(14-17)15(3)23(31-20)24(28)27-25-22(26(29)30-6-2)21(16(4)32-25)18-10-8-7-9-11-18/h7-14H,5-6H2,1-4H3,(H,27,28). The Bertz CT molecular complexity index is 1300. The molecular weight excluding hydrogens is 422 g/mol. The van der Waals surface area contributed by atoms with Crippen LogP contribution in [0.4, 0.5) is 5.00 Å². The lowest BCUT2D eigenvalue weighted by atomic mass is 10.0. The number of anilines is 1. The van der Waals surface area contributed by atoms with Crippen molar-refractivity contribution >= 4 is 39.2 Å². The first-order valence-corrected chi connectivity index (χ1v) is 11.5. The minimum absolute atomic E-state index is 0.246. The van der Waals surface area contributed by atoms with Crippen LogP contribution in [0.15, 0.2) is 52.9 Å². The fourth-order valence-electron chi connectivity index (χ4n) is 3.85. The van der Waals surface area contributed by atoms with Crippen molar-refractivity contribution in [2.75, 3.05) is 11.9 Å². The maximum absolute atomic E-state index is 13.2. The van der Waals surface area contributed by atoms with Crippen LogP contribution < -0.4 is 5.32 Å². The van der Waals surface area contributed by atoms with Crippen LogP contribution in [0.2, 0.25) is 0 Å². The third-order valence-corrected chi connectivity index (χ3v) is 6.49. The van der Waals surface area contributed by atoms with Crippen LogP contribution in [0.5, 0.6) is 0 Å². The molecule has 0 spiro atoms. The Balaban J connectivity index is 1.76. The van der Waals surface area contributed by atoms with Gasteiger partial charge in [0.25, 0.3) is 5.91 Å². The predicted octanol–water partition coefficient (Wildman–Crippen LogP) is 6.77. The normalized spacial score (nSPS) is 11.0. The summed E-state index contributed by atoms with van der Waals surface area (Å²) in [6.45, 7) is 7.91. The average Bonchev–Trinajstić information content (AvgIpc) is 3.30. The molecule has 32 heavy (non-hydrogen) atoms. The van der Waals surface area contributed by atoms with Gasteiger partial charge in [-0.05, 0) is 50.5 Å². The monoisotopic (exact) mass is 447 g/mol. The number of ether oxygens (including phenoxy) is 1. The van der Waals surface area contributed by atoms with Gasteiger partial charge in [0, 0.05) is 21.4 Å². The molecule has 1 amide bonds. The number of thiophene rings is 1. The number of amides is 1. The number of rotatable bonds is 6. The number of hydrogen-bond donors (Lipinski definition) is 1. The average molecular weight is 448 g/mol. The van der Waals surface area contributed by atoms with Crippen LogP contribution in [0, 0.1) is 13.8 Å². The smallest absolute Gasteiger partial charge is 0.341 e. The fourth-order valence-corrected chi connectivity index (χ4v) is 4.91. The zero-order chi connectivity index (χ0) is 22.8. The van der Waals surface area contributed by atoms with Gasteiger partial charge in [-0.2, -0.15) is 0 Å². The third-order valence-electron chi connectivity index (χ3n) is 5.47. The second-order valence-corrected chi connectivity index (χ2v) is 8.74. The van der Waals surface area contributed by atoms with Gasteiger partial charge in [-0.25, -0.2) is 4.79 Å². The summed E-state index contributed by atoms with van der Waals surface area (Å²) in [6.07, 6.45) is 0.904. The van der Waals surface area contributed by atoms with Crippen molar-refractivity contribution in [3.05, 3.63) is 75.9 Å². The molecule has 0 atom stereocenters. The summed E-state index contributed by atoms with van der Waals surface area (Å²) in [7, 11) is 0. The summed E-state index contributed by atoms with van der Waals surface area (Å²) >= 11 is 1.36. The van der Waals surface area contributed by atoms with Crippen LogP contribution in [0.1, 0.15) is 50.8 Å². The van der Waals surface area contributed by atoms with Crippen molar-refractivity contribution in [1.29, 1.82) is 0 Å². The third kappa shape index (κ3) is 3.94. The van der Waals surface area contributed by atoms with Crippen LogP contribution >= 0.6 is 11.3 Å². The lowest BCUT2D eigenvalue weighted by molar-refractivity contribution is 0.0529. The second kappa shape index (κ2) is 9.01. The molecule has 4 aromatic rings. The molecule has 0 radical (unpaired) electrons. The molecule has 1 N–H and O–H groups in total. The highest BCUT2D eigenvalue weighted by atomic mass is 32.1. The van der Waals surface area contributed by atoms with Gasteiger partial charge in [0.05, 0.1) is 6.61 Å².